The Kier molecular flexibility index (Phi) is 8.45. The lowest BCUT2D eigenvalue weighted by Gasteiger charge is -2.19. The normalized spacial score (nSPS) is 11.9. The Morgan fingerprint density at radius 1 is 1.30 bits per heavy atom. The molecule has 0 saturated heterocycles. The lowest BCUT2D eigenvalue weighted by atomic mass is 10.1. The quantitative estimate of drug-likeness (QED) is 0.571. The van der Waals surface area contributed by atoms with E-state index < -0.39 is 6.10 Å². The summed E-state index contributed by atoms with van der Waals surface area (Å²) < 4.78 is 19.6. The summed E-state index contributed by atoms with van der Waals surface area (Å²) in [5.41, 5.74) is 2.67. The number of halogens is 2. The minimum atomic E-state index is -0.530. The van der Waals surface area contributed by atoms with Crippen molar-refractivity contribution in [1.29, 1.82) is 0 Å². The van der Waals surface area contributed by atoms with Crippen molar-refractivity contribution in [2.75, 3.05) is 12.3 Å². The summed E-state index contributed by atoms with van der Waals surface area (Å²) in [6, 6.07) is 10.6. The van der Waals surface area contributed by atoms with Crippen LogP contribution >= 0.6 is 23.4 Å². The monoisotopic (exact) mass is 409 g/mol. The van der Waals surface area contributed by atoms with Gasteiger partial charge in [-0.25, -0.2) is 4.39 Å². The van der Waals surface area contributed by atoms with Crippen LogP contribution in [0.3, 0.4) is 0 Å². The highest BCUT2D eigenvalue weighted by molar-refractivity contribution is 7.98. The van der Waals surface area contributed by atoms with E-state index in [1.54, 1.807) is 12.1 Å². The molecule has 1 N–H and O–H groups in total. The van der Waals surface area contributed by atoms with Crippen LogP contribution in [0.5, 0.6) is 5.75 Å². The largest absolute Gasteiger partial charge is 0.480 e. The van der Waals surface area contributed by atoms with Crippen molar-refractivity contribution < 1.29 is 13.9 Å². The maximum atomic E-state index is 13.7. The Labute approximate surface area is 169 Å². The van der Waals surface area contributed by atoms with Gasteiger partial charge in [-0.15, -0.1) is 0 Å². The van der Waals surface area contributed by atoms with E-state index in [9.17, 15) is 9.18 Å². The number of aryl methyl sites for hydroxylation is 2. The topological polar surface area (TPSA) is 38.3 Å². The van der Waals surface area contributed by atoms with Gasteiger partial charge < -0.3 is 10.1 Å². The van der Waals surface area contributed by atoms with Gasteiger partial charge in [0.25, 0.3) is 5.91 Å². The molecular formula is C21H25ClFNO2S. The highest BCUT2D eigenvalue weighted by Crippen LogP contribution is 2.24. The number of hydrogen-bond donors (Lipinski definition) is 1. The molecule has 0 saturated carbocycles. The van der Waals surface area contributed by atoms with Gasteiger partial charge in [0.05, 0.1) is 0 Å². The fourth-order valence-corrected chi connectivity index (χ4v) is 3.81. The first kappa shape index (κ1) is 21.6. The summed E-state index contributed by atoms with van der Waals surface area (Å²) in [6.45, 7) is 6.40. The summed E-state index contributed by atoms with van der Waals surface area (Å²) in [6.07, 6.45) is 0.0503. The van der Waals surface area contributed by atoms with E-state index in [-0.39, 0.29) is 11.7 Å². The van der Waals surface area contributed by atoms with Crippen LogP contribution in [0.15, 0.2) is 36.4 Å². The SMILES string of the molecule is CCC(Oc1ccc(C)cc1C)C(=O)NCCSCc1c(F)cccc1Cl. The van der Waals surface area contributed by atoms with Crippen molar-refractivity contribution >= 4 is 29.3 Å². The molecule has 2 aromatic carbocycles. The van der Waals surface area contributed by atoms with Gasteiger partial charge in [0.1, 0.15) is 11.6 Å². The van der Waals surface area contributed by atoms with Crippen LogP contribution in [0.1, 0.15) is 30.0 Å². The molecule has 6 heteroatoms. The van der Waals surface area contributed by atoms with Gasteiger partial charge in [0.2, 0.25) is 0 Å². The molecule has 0 spiro atoms. The standard InChI is InChI=1S/C21H25ClFNO2S/c1-4-19(26-20-9-8-14(2)12-15(20)3)21(25)24-10-11-27-13-16-17(22)6-5-7-18(16)23/h5-9,12,19H,4,10-11,13H2,1-3H3,(H,24,25). The Morgan fingerprint density at radius 3 is 2.74 bits per heavy atom. The summed E-state index contributed by atoms with van der Waals surface area (Å²) in [5, 5.41) is 3.32. The van der Waals surface area contributed by atoms with Gasteiger partial charge in [-0.05, 0) is 44.0 Å². The zero-order valence-electron chi connectivity index (χ0n) is 15.9. The van der Waals surface area contributed by atoms with E-state index in [1.807, 2.05) is 39.0 Å². The number of benzene rings is 2. The minimum Gasteiger partial charge on any atom is -0.480 e. The molecule has 3 nitrogen and oxygen atoms in total. The third-order valence-corrected chi connectivity index (χ3v) is 5.46. The molecule has 0 aromatic heterocycles. The second-order valence-corrected chi connectivity index (χ2v) is 7.84. The van der Waals surface area contributed by atoms with E-state index >= 15 is 0 Å². The predicted octanol–water partition coefficient (Wildman–Crippen LogP) is 5.30. The minimum absolute atomic E-state index is 0.137. The van der Waals surface area contributed by atoms with Crippen molar-refractivity contribution in [1.82, 2.24) is 5.32 Å². The molecule has 0 radical (unpaired) electrons. The van der Waals surface area contributed by atoms with Crippen LogP contribution in [0, 0.1) is 19.7 Å². The lowest BCUT2D eigenvalue weighted by Crippen LogP contribution is -2.39. The van der Waals surface area contributed by atoms with Crippen molar-refractivity contribution in [3.63, 3.8) is 0 Å². The van der Waals surface area contributed by atoms with Crippen LogP contribution in [-0.2, 0) is 10.5 Å². The molecule has 27 heavy (non-hydrogen) atoms. The van der Waals surface area contributed by atoms with E-state index in [4.69, 9.17) is 16.3 Å². The van der Waals surface area contributed by atoms with Crippen LogP contribution in [0.4, 0.5) is 4.39 Å². The van der Waals surface area contributed by atoms with Gasteiger partial charge in [-0.2, -0.15) is 11.8 Å². The van der Waals surface area contributed by atoms with Crippen molar-refractivity contribution in [3.05, 3.63) is 63.9 Å². The first-order chi connectivity index (χ1) is 12.9. The molecule has 1 amide bonds. The lowest BCUT2D eigenvalue weighted by molar-refractivity contribution is -0.128. The van der Waals surface area contributed by atoms with Gasteiger partial charge >= 0.3 is 0 Å². The molecular weight excluding hydrogens is 385 g/mol. The van der Waals surface area contributed by atoms with E-state index in [0.717, 1.165) is 16.9 Å². The molecule has 0 aliphatic rings. The maximum Gasteiger partial charge on any atom is 0.261 e. The third kappa shape index (κ3) is 6.43. The number of amides is 1. The molecule has 2 rings (SSSR count). The van der Waals surface area contributed by atoms with E-state index in [2.05, 4.69) is 5.32 Å². The first-order valence-corrected chi connectivity index (χ1v) is 10.5. The second kappa shape index (κ2) is 10.6. The van der Waals surface area contributed by atoms with Crippen LogP contribution in [-0.4, -0.2) is 24.3 Å². The number of rotatable bonds is 9. The predicted molar refractivity (Wildman–Crippen MR) is 111 cm³/mol. The number of carbonyl (C=O) groups excluding carboxylic acids is 1. The molecule has 146 valence electrons. The Hall–Kier alpha value is -1.72. The average molecular weight is 410 g/mol. The zero-order chi connectivity index (χ0) is 19.8. The van der Waals surface area contributed by atoms with Gasteiger partial charge in [0.15, 0.2) is 6.10 Å². The molecule has 0 fully saturated rings. The highest BCUT2D eigenvalue weighted by Gasteiger charge is 2.18. The van der Waals surface area contributed by atoms with Gasteiger partial charge in [-0.3, -0.25) is 4.79 Å². The van der Waals surface area contributed by atoms with Crippen LogP contribution < -0.4 is 10.1 Å². The highest BCUT2D eigenvalue weighted by atomic mass is 35.5. The van der Waals surface area contributed by atoms with Crippen molar-refractivity contribution in [2.24, 2.45) is 0 Å². The van der Waals surface area contributed by atoms with Crippen LogP contribution in [0.25, 0.3) is 0 Å². The Balaban J connectivity index is 1.78. The number of carbonyl (C=O) groups is 1. The van der Waals surface area contributed by atoms with E-state index in [0.29, 0.717) is 35.1 Å². The Morgan fingerprint density at radius 2 is 2.07 bits per heavy atom. The summed E-state index contributed by atoms with van der Waals surface area (Å²) in [7, 11) is 0. The second-order valence-electron chi connectivity index (χ2n) is 6.33. The number of thioether (sulfide) groups is 1. The number of hydrogen-bond acceptors (Lipinski definition) is 3. The zero-order valence-corrected chi connectivity index (χ0v) is 17.4. The van der Waals surface area contributed by atoms with Crippen molar-refractivity contribution in [2.45, 2.75) is 39.0 Å². The number of nitrogens with one attached hydrogen (secondary N) is 1. The molecule has 1 atom stereocenters. The third-order valence-electron chi connectivity index (χ3n) is 4.12. The summed E-state index contributed by atoms with van der Waals surface area (Å²) >= 11 is 7.54. The maximum absolute atomic E-state index is 13.7. The van der Waals surface area contributed by atoms with Gasteiger partial charge in [0, 0.05) is 28.6 Å². The molecule has 1 unspecified atom stereocenters. The van der Waals surface area contributed by atoms with E-state index in [1.165, 1.54) is 17.8 Å². The molecule has 0 aliphatic carbocycles. The summed E-state index contributed by atoms with van der Waals surface area (Å²) in [5.74, 6) is 1.42. The fourth-order valence-electron chi connectivity index (χ4n) is 2.61. The summed E-state index contributed by atoms with van der Waals surface area (Å²) in [4.78, 5) is 12.4. The van der Waals surface area contributed by atoms with Crippen LogP contribution in [0.2, 0.25) is 5.02 Å². The average Bonchev–Trinajstić information content (AvgIpc) is 2.62. The molecule has 2 aromatic rings. The first-order valence-electron chi connectivity index (χ1n) is 8.94. The smallest absolute Gasteiger partial charge is 0.261 e. The van der Waals surface area contributed by atoms with Gasteiger partial charge in [-0.1, -0.05) is 42.3 Å². The molecule has 0 heterocycles. The molecule has 0 aliphatic heterocycles. The fraction of sp³-hybridized carbons (Fsp3) is 0.381. The Bertz CT molecular complexity index is 765. The van der Waals surface area contributed by atoms with Crippen molar-refractivity contribution in [3.8, 4) is 5.75 Å². The number of ether oxygens (including phenoxy) is 1. The molecule has 0 bridgehead atoms.